The molecule has 4 rings (SSSR count). The molecule has 2 aromatic carbocycles. The first-order chi connectivity index (χ1) is 13.5. The number of hydrazine groups is 1. The predicted octanol–water partition coefficient (Wildman–Crippen LogP) is 2.59. The maximum atomic E-state index is 12.9. The van der Waals surface area contributed by atoms with E-state index in [4.69, 9.17) is 4.74 Å². The van der Waals surface area contributed by atoms with Gasteiger partial charge < -0.3 is 4.74 Å². The van der Waals surface area contributed by atoms with E-state index in [0.29, 0.717) is 11.5 Å². The van der Waals surface area contributed by atoms with Gasteiger partial charge in [0.1, 0.15) is 18.0 Å². The molecule has 1 aliphatic rings. The number of fused-ring (bicyclic) bond motifs is 2. The fourth-order valence-electron chi connectivity index (χ4n) is 3.41. The van der Waals surface area contributed by atoms with Crippen LogP contribution in [0.5, 0.6) is 11.5 Å². The van der Waals surface area contributed by atoms with Crippen LogP contribution in [0, 0.1) is 13.8 Å². The van der Waals surface area contributed by atoms with Crippen LogP contribution in [0.15, 0.2) is 54.6 Å². The van der Waals surface area contributed by atoms with Crippen LogP contribution in [0.2, 0.25) is 0 Å². The Hall–Kier alpha value is -3.61. The SMILES string of the molecule is Cc1cc(C)n(CC(=O)NNC(=O)C2c3ccccc3Oc3ccccc32)n1. The number of aromatic nitrogens is 2. The maximum Gasteiger partial charge on any atom is 0.260 e. The van der Waals surface area contributed by atoms with Crippen molar-refractivity contribution in [3.05, 3.63) is 77.1 Å². The third-order valence-corrected chi connectivity index (χ3v) is 4.66. The summed E-state index contributed by atoms with van der Waals surface area (Å²) in [7, 11) is 0. The lowest BCUT2D eigenvalue weighted by Crippen LogP contribution is -2.45. The second-order valence-corrected chi connectivity index (χ2v) is 6.73. The van der Waals surface area contributed by atoms with Gasteiger partial charge in [-0.1, -0.05) is 36.4 Å². The molecule has 3 aromatic rings. The van der Waals surface area contributed by atoms with E-state index >= 15 is 0 Å². The van der Waals surface area contributed by atoms with Crippen LogP contribution in [-0.2, 0) is 16.1 Å². The van der Waals surface area contributed by atoms with Gasteiger partial charge in [0, 0.05) is 16.8 Å². The van der Waals surface area contributed by atoms with E-state index in [2.05, 4.69) is 16.0 Å². The number of nitrogens with one attached hydrogen (secondary N) is 2. The topological polar surface area (TPSA) is 85.2 Å². The van der Waals surface area contributed by atoms with Gasteiger partial charge >= 0.3 is 0 Å². The summed E-state index contributed by atoms with van der Waals surface area (Å²) in [4.78, 5) is 25.2. The van der Waals surface area contributed by atoms with Crippen LogP contribution in [0.4, 0.5) is 0 Å². The highest BCUT2D eigenvalue weighted by atomic mass is 16.5. The Balaban J connectivity index is 1.50. The highest BCUT2D eigenvalue weighted by molar-refractivity contribution is 5.91. The third kappa shape index (κ3) is 3.34. The van der Waals surface area contributed by atoms with Crippen molar-refractivity contribution in [3.8, 4) is 11.5 Å². The van der Waals surface area contributed by atoms with Crippen molar-refractivity contribution in [2.24, 2.45) is 0 Å². The lowest BCUT2D eigenvalue weighted by molar-refractivity contribution is -0.129. The van der Waals surface area contributed by atoms with Crippen LogP contribution >= 0.6 is 0 Å². The standard InChI is InChI=1S/C21H20N4O3/c1-13-11-14(2)25(24-13)12-19(26)22-23-21(27)20-15-7-3-5-9-17(15)28-18-10-6-4-8-16(18)20/h3-11,20H,12H2,1-2H3,(H,22,26)(H,23,27). The molecule has 7 heteroatoms. The van der Waals surface area contributed by atoms with Crippen LogP contribution in [-0.4, -0.2) is 21.6 Å². The molecule has 0 fully saturated rings. The number of ether oxygens (including phenoxy) is 1. The number of aryl methyl sites for hydroxylation is 2. The number of amides is 2. The Bertz CT molecular complexity index is 1010. The predicted molar refractivity (Wildman–Crippen MR) is 103 cm³/mol. The first kappa shape index (κ1) is 17.8. The minimum atomic E-state index is -0.574. The van der Waals surface area contributed by atoms with Crippen LogP contribution < -0.4 is 15.6 Å². The fourth-order valence-corrected chi connectivity index (χ4v) is 3.41. The van der Waals surface area contributed by atoms with Crippen molar-refractivity contribution in [2.75, 3.05) is 0 Å². The summed E-state index contributed by atoms with van der Waals surface area (Å²) >= 11 is 0. The van der Waals surface area contributed by atoms with Gasteiger partial charge in [-0.2, -0.15) is 5.10 Å². The summed E-state index contributed by atoms with van der Waals surface area (Å²) in [5.41, 5.74) is 8.26. The van der Waals surface area contributed by atoms with Crippen molar-refractivity contribution in [3.63, 3.8) is 0 Å². The highest BCUT2D eigenvalue weighted by Gasteiger charge is 2.32. The molecule has 0 saturated carbocycles. The van der Waals surface area contributed by atoms with Crippen molar-refractivity contribution >= 4 is 11.8 Å². The van der Waals surface area contributed by atoms with Crippen molar-refractivity contribution in [2.45, 2.75) is 26.3 Å². The molecule has 0 saturated heterocycles. The molecule has 0 atom stereocenters. The van der Waals surface area contributed by atoms with E-state index in [0.717, 1.165) is 22.5 Å². The molecule has 0 spiro atoms. The van der Waals surface area contributed by atoms with Gasteiger partial charge in [0.15, 0.2) is 0 Å². The number of carbonyl (C=O) groups is 2. The van der Waals surface area contributed by atoms with Crippen LogP contribution in [0.25, 0.3) is 0 Å². The largest absolute Gasteiger partial charge is 0.457 e. The number of benzene rings is 2. The molecule has 7 nitrogen and oxygen atoms in total. The summed E-state index contributed by atoms with van der Waals surface area (Å²) < 4.78 is 7.49. The number of rotatable bonds is 3. The Morgan fingerprint density at radius 1 is 1.00 bits per heavy atom. The van der Waals surface area contributed by atoms with E-state index in [9.17, 15) is 9.59 Å². The Morgan fingerprint density at radius 2 is 1.61 bits per heavy atom. The van der Waals surface area contributed by atoms with E-state index < -0.39 is 5.92 Å². The monoisotopic (exact) mass is 376 g/mol. The Labute approximate surface area is 162 Å². The molecule has 2 N–H and O–H groups in total. The first-order valence-corrected chi connectivity index (χ1v) is 8.98. The number of nitrogens with zero attached hydrogens (tertiary/aromatic N) is 2. The van der Waals surface area contributed by atoms with Crippen molar-refractivity contribution in [1.29, 1.82) is 0 Å². The zero-order valence-corrected chi connectivity index (χ0v) is 15.6. The summed E-state index contributed by atoms with van der Waals surface area (Å²) in [6, 6.07) is 16.7. The lowest BCUT2D eigenvalue weighted by atomic mass is 9.87. The quantitative estimate of drug-likeness (QED) is 0.688. The number of carbonyl (C=O) groups excluding carboxylic acids is 2. The average Bonchev–Trinajstić information content (AvgIpc) is 3.00. The number of hydrogen-bond donors (Lipinski definition) is 2. The third-order valence-electron chi connectivity index (χ3n) is 4.66. The van der Waals surface area contributed by atoms with E-state index in [-0.39, 0.29) is 18.4 Å². The van der Waals surface area contributed by atoms with Gasteiger partial charge in [-0.25, -0.2) is 0 Å². The Kier molecular flexibility index (Phi) is 4.57. The average molecular weight is 376 g/mol. The smallest absolute Gasteiger partial charge is 0.260 e. The summed E-state index contributed by atoms with van der Waals surface area (Å²) in [6.45, 7) is 3.77. The molecule has 28 heavy (non-hydrogen) atoms. The van der Waals surface area contributed by atoms with Gasteiger partial charge in [-0.3, -0.25) is 25.1 Å². The van der Waals surface area contributed by atoms with Gasteiger partial charge in [-0.15, -0.1) is 0 Å². The molecule has 2 amide bonds. The van der Waals surface area contributed by atoms with Gasteiger partial charge in [0.05, 0.1) is 11.6 Å². The van der Waals surface area contributed by atoms with E-state index in [1.54, 1.807) is 4.68 Å². The summed E-state index contributed by atoms with van der Waals surface area (Å²) in [5.74, 6) is 0.0128. The van der Waals surface area contributed by atoms with Crippen molar-refractivity contribution < 1.29 is 14.3 Å². The van der Waals surface area contributed by atoms with Gasteiger partial charge in [0.25, 0.3) is 11.8 Å². The molecule has 0 unspecified atom stereocenters. The molecule has 0 radical (unpaired) electrons. The van der Waals surface area contributed by atoms with Crippen LogP contribution in [0.3, 0.4) is 0 Å². The van der Waals surface area contributed by atoms with Gasteiger partial charge in [-0.05, 0) is 32.0 Å². The minimum Gasteiger partial charge on any atom is -0.457 e. The maximum absolute atomic E-state index is 12.9. The molecular formula is C21H20N4O3. The summed E-state index contributed by atoms with van der Waals surface area (Å²) in [5, 5.41) is 4.25. The molecule has 1 aromatic heterocycles. The summed E-state index contributed by atoms with van der Waals surface area (Å²) in [6.07, 6.45) is 0. The minimum absolute atomic E-state index is 0.0287. The van der Waals surface area contributed by atoms with Crippen LogP contribution in [0.1, 0.15) is 28.4 Å². The number of para-hydroxylation sites is 2. The Morgan fingerprint density at radius 3 is 2.18 bits per heavy atom. The van der Waals surface area contributed by atoms with E-state index in [1.807, 2.05) is 68.4 Å². The second kappa shape index (κ2) is 7.19. The highest BCUT2D eigenvalue weighted by Crippen LogP contribution is 2.43. The first-order valence-electron chi connectivity index (χ1n) is 8.98. The molecule has 1 aliphatic heterocycles. The number of hydrogen-bond acceptors (Lipinski definition) is 4. The van der Waals surface area contributed by atoms with Crippen molar-refractivity contribution in [1.82, 2.24) is 20.6 Å². The molecular weight excluding hydrogens is 356 g/mol. The van der Waals surface area contributed by atoms with E-state index in [1.165, 1.54) is 0 Å². The molecule has 0 aliphatic carbocycles. The zero-order valence-electron chi connectivity index (χ0n) is 15.6. The normalized spacial score (nSPS) is 12.5. The van der Waals surface area contributed by atoms with Gasteiger partial charge in [0.2, 0.25) is 0 Å². The lowest BCUT2D eigenvalue weighted by Gasteiger charge is -2.27. The second-order valence-electron chi connectivity index (χ2n) is 6.73. The molecule has 0 bridgehead atoms. The molecule has 142 valence electrons. The fraction of sp³-hybridized carbons (Fsp3) is 0.190. The zero-order chi connectivity index (χ0) is 19.7. The molecule has 2 heterocycles.